The Morgan fingerprint density at radius 1 is 1.19 bits per heavy atom. The van der Waals surface area contributed by atoms with E-state index >= 15 is 0 Å². The van der Waals surface area contributed by atoms with Crippen molar-refractivity contribution >= 4 is 29.2 Å². The third-order valence-corrected chi connectivity index (χ3v) is 5.15. The molecule has 192 valence electrons. The first-order chi connectivity index (χ1) is 16.9. The highest BCUT2D eigenvalue weighted by atomic mass is 35.5. The van der Waals surface area contributed by atoms with Crippen molar-refractivity contribution in [3.63, 3.8) is 0 Å². The molecule has 0 spiro atoms. The molecule has 2 aromatic heterocycles. The Kier molecular flexibility index (Phi) is 7.94. The molecule has 0 amide bonds. The maximum Gasteiger partial charge on any atom is 0.431 e. The van der Waals surface area contributed by atoms with Gasteiger partial charge in [0.15, 0.2) is 23.9 Å². The minimum absolute atomic E-state index is 0.109. The maximum atomic E-state index is 14.9. The number of pyridine rings is 1. The van der Waals surface area contributed by atoms with Crippen LogP contribution in [0.15, 0.2) is 40.1 Å². The third kappa shape index (κ3) is 5.46. The average Bonchev–Trinajstić information content (AvgIpc) is 2.79. The lowest BCUT2D eigenvalue weighted by atomic mass is 10.2. The van der Waals surface area contributed by atoms with E-state index in [2.05, 4.69) is 4.98 Å². The van der Waals surface area contributed by atoms with Gasteiger partial charge in [-0.25, -0.2) is 23.5 Å². The van der Waals surface area contributed by atoms with Crippen LogP contribution >= 0.6 is 23.2 Å². The van der Waals surface area contributed by atoms with Crippen molar-refractivity contribution in [1.82, 2.24) is 14.1 Å². The number of carbonyl (C=O) groups excluding carboxylic acids is 1. The highest BCUT2D eigenvalue weighted by molar-refractivity contribution is 6.38. The van der Waals surface area contributed by atoms with Crippen molar-refractivity contribution in [3.8, 4) is 23.1 Å². The number of nitrogens with zero attached hydrogens (tertiary/aromatic N) is 3. The van der Waals surface area contributed by atoms with Gasteiger partial charge in [-0.1, -0.05) is 23.2 Å². The molecule has 2 heterocycles. The zero-order valence-corrected chi connectivity index (χ0v) is 19.9. The van der Waals surface area contributed by atoms with Crippen molar-refractivity contribution in [2.24, 2.45) is 7.05 Å². The summed E-state index contributed by atoms with van der Waals surface area (Å²) >= 11 is 12.3. The number of alkyl halides is 3. The molecule has 3 rings (SSSR count). The standard InChI is InChI=1S/C21H15Cl2F4N3O6/c1-3-34-15(32)9-35-19-12(5-4-6-28-19)36-18-10(22)7-11(24)17(16(18)23)30-14(31)8-13(21(25,26)27)29(2)20(30)33/h4-8H,3,9H2,1-2H3. The fraction of sp³-hybridized carbons (Fsp3) is 0.238. The zero-order valence-electron chi connectivity index (χ0n) is 18.4. The molecule has 36 heavy (non-hydrogen) atoms. The Balaban J connectivity index is 2.12. The Morgan fingerprint density at radius 3 is 2.53 bits per heavy atom. The predicted molar refractivity (Wildman–Crippen MR) is 119 cm³/mol. The number of hydrogen-bond donors (Lipinski definition) is 0. The third-order valence-electron chi connectivity index (χ3n) is 4.52. The molecule has 0 N–H and O–H groups in total. The minimum atomic E-state index is -5.02. The summed E-state index contributed by atoms with van der Waals surface area (Å²) in [4.78, 5) is 40.6. The number of rotatable bonds is 7. The van der Waals surface area contributed by atoms with Gasteiger partial charge in [-0.3, -0.25) is 9.36 Å². The first-order valence-corrected chi connectivity index (χ1v) is 10.6. The second-order valence-electron chi connectivity index (χ2n) is 6.88. The normalized spacial score (nSPS) is 11.3. The summed E-state index contributed by atoms with van der Waals surface area (Å²) in [7, 11) is 0.753. The summed E-state index contributed by atoms with van der Waals surface area (Å²) in [6.07, 6.45) is -3.72. The van der Waals surface area contributed by atoms with Crippen LogP contribution in [-0.4, -0.2) is 33.3 Å². The molecule has 0 bridgehead atoms. The minimum Gasteiger partial charge on any atom is -0.463 e. The van der Waals surface area contributed by atoms with Crippen LogP contribution in [0.5, 0.6) is 17.4 Å². The van der Waals surface area contributed by atoms with E-state index in [4.69, 9.17) is 37.4 Å². The smallest absolute Gasteiger partial charge is 0.431 e. The fourth-order valence-electron chi connectivity index (χ4n) is 2.97. The van der Waals surface area contributed by atoms with Crippen LogP contribution in [0.2, 0.25) is 10.0 Å². The second kappa shape index (κ2) is 10.6. The van der Waals surface area contributed by atoms with Gasteiger partial charge in [0.2, 0.25) is 0 Å². The van der Waals surface area contributed by atoms with E-state index in [1.807, 2.05) is 0 Å². The van der Waals surface area contributed by atoms with Crippen LogP contribution in [0.4, 0.5) is 17.6 Å². The predicted octanol–water partition coefficient (Wildman–Crippen LogP) is 4.13. The largest absolute Gasteiger partial charge is 0.463 e. The number of hydrogen-bond acceptors (Lipinski definition) is 7. The van der Waals surface area contributed by atoms with Gasteiger partial charge in [0, 0.05) is 19.3 Å². The SMILES string of the molecule is CCOC(=O)COc1ncccc1Oc1c(Cl)cc(F)c(-n2c(=O)cc(C(F)(F)F)n(C)c2=O)c1Cl. The summed E-state index contributed by atoms with van der Waals surface area (Å²) in [5.74, 6) is -2.84. The van der Waals surface area contributed by atoms with Gasteiger partial charge in [0.05, 0.1) is 11.6 Å². The number of benzene rings is 1. The molecule has 0 aliphatic rings. The van der Waals surface area contributed by atoms with Crippen molar-refractivity contribution in [2.45, 2.75) is 13.1 Å². The van der Waals surface area contributed by atoms with E-state index in [0.29, 0.717) is 6.07 Å². The molecular formula is C21H15Cl2F4N3O6. The summed E-state index contributed by atoms with van der Waals surface area (Å²) in [5, 5.41) is -1.13. The van der Waals surface area contributed by atoms with Crippen LogP contribution < -0.4 is 20.7 Å². The zero-order chi connectivity index (χ0) is 26.8. The molecule has 0 aliphatic heterocycles. The van der Waals surface area contributed by atoms with Crippen LogP contribution in [0.3, 0.4) is 0 Å². The first kappa shape index (κ1) is 27.0. The molecule has 0 unspecified atom stereocenters. The Labute approximate surface area is 209 Å². The summed E-state index contributed by atoms with van der Waals surface area (Å²) in [5.41, 5.74) is -5.47. The number of aromatic nitrogens is 3. The monoisotopic (exact) mass is 551 g/mol. The molecular weight excluding hydrogens is 537 g/mol. The quantitative estimate of drug-likeness (QED) is 0.321. The molecule has 9 nitrogen and oxygen atoms in total. The molecule has 0 atom stereocenters. The van der Waals surface area contributed by atoms with Crippen LogP contribution in [0.1, 0.15) is 12.6 Å². The molecule has 0 saturated carbocycles. The number of ether oxygens (including phenoxy) is 3. The second-order valence-corrected chi connectivity index (χ2v) is 7.66. The van der Waals surface area contributed by atoms with Crippen molar-refractivity contribution in [3.05, 3.63) is 72.9 Å². The lowest BCUT2D eigenvalue weighted by Crippen LogP contribution is -2.41. The van der Waals surface area contributed by atoms with Crippen LogP contribution in [0, 0.1) is 5.82 Å². The van der Waals surface area contributed by atoms with Crippen molar-refractivity contribution in [2.75, 3.05) is 13.2 Å². The number of carbonyl (C=O) groups is 1. The summed E-state index contributed by atoms with van der Waals surface area (Å²) in [6, 6.07) is 3.51. The maximum absolute atomic E-state index is 14.9. The Morgan fingerprint density at radius 2 is 1.89 bits per heavy atom. The lowest BCUT2D eigenvalue weighted by molar-refractivity contribution is -0.145. The molecule has 0 fully saturated rings. The highest BCUT2D eigenvalue weighted by Gasteiger charge is 2.35. The van der Waals surface area contributed by atoms with E-state index in [1.54, 1.807) is 6.92 Å². The number of halogens is 6. The van der Waals surface area contributed by atoms with Crippen molar-refractivity contribution < 1.29 is 36.6 Å². The fourth-order valence-corrected chi connectivity index (χ4v) is 3.56. The van der Waals surface area contributed by atoms with Gasteiger partial charge in [-0.2, -0.15) is 13.2 Å². The van der Waals surface area contributed by atoms with Gasteiger partial charge in [-0.15, -0.1) is 0 Å². The van der Waals surface area contributed by atoms with Crippen LogP contribution in [0.25, 0.3) is 5.69 Å². The van der Waals surface area contributed by atoms with Gasteiger partial charge >= 0.3 is 17.8 Å². The molecule has 1 aromatic carbocycles. The lowest BCUT2D eigenvalue weighted by Gasteiger charge is -2.18. The topological polar surface area (TPSA) is 102 Å². The van der Waals surface area contributed by atoms with E-state index in [1.165, 1.54) is 18.3 Å². The van der Waals surface area contributed by atoms with E-state index in [0.717, 1.165) is 7.05 Å². The molecule has 0 radical (unpaired) electrons. The van der Waals surface area contributed by atoms with E-state index < -0.39 is 63.0 Å². The number of esters is 1. The summed E-state index contributed by atoms with van der Waals surface area (Å²) in [6.45, 7) is 1.17. The Hall–Kier alpha value is -3.58. The van der Waals surface area contributed by atoms with Crippen molar-refractivity contribution in [1.29, 1.82) is 0 Å². The average molecular weight is 552 g/mol. The van der Waals surface area contributed by atoms with Gasteiger partial charge in [-0.05, 0) is 25.1 Å². The van der Waals surface area contributed by atoms with Gasteiger partial charge in [0.25, 0.3) is 11.4 Å². The van der Waals surface area contributed by atoms with Gasteiger partial charge < -0.3 is 14.2 Å². The molecule has 3 aromatic rings. The van der Waals surface area contributed by atoms with E-state index in [-0.39, 0.29) is 33.4 Å². The molecule has 0 aliphatic carbocycles. The first-order valence-electron chi connectivity index (χ1n) is 9.86. The molecule has 15 heteroatoms. The van der Waals surface area contributed by atoms with E-state index in [9.17, 15) is 31.9 Å². The Bertz CT molecular complexity index is 1440. The van der Waals surface area contributed by atoms with Crippen LogP contribution in [-0.2, 0) is 22.8 Å². The highest BCUT2D eigenvalue weighted by Crippen LogP contribution is 2.42. The van der Waals surface area contributed by atoms with Gasteiger partial charge in [0.1, 0.15) is 16.4 Å². The summed E-state index contributed by atoms with van der Waals surface area (Å²) < 4.78 is 70.2. The molecule has 0 saturated heterocycles.